The lowest BCUT2D eigenvalue weighted by atomic mass is 10.0. The maximum Gasteiger partial charge on any atom is 0.311 e. The molecule has 2 heterocycles. The van der Waals surface area contributed by atoms with Gasteiger partial charge >= 0.3 is 11.9 Å². The number of carbonyl (C=O) groups is 2. The van der Waals surface area contributed by atoms with Crippen LogP contribution in [0.15, 0.2) is 18.2 Å². The van der Waals surface area contributed by atoms with Gasteiger partial charge in [-0.1, -0.05) is 25.8 Å². The fourth-order valence-electron chi connectivity index (χ4n) is 4.24. The van der Waals surface area contributed by atoms with Crippen LogP contribution in [0.3, 0.4) is 0 Å². The van der Waals surface area contributed by atoms with Crippen LogP contribution in [0.5, 0.6) is 11.5 Å². The van der Waals surface area contributed by atoms with Crippen molar-refractivity contribution in [3.63, 3.8) is 0 Å². The highest BCUT2D eigenvalue weighted by atomic mass is 79.9. The Labute approximate surface area is 184 Å². The standard InChI is InChI=1S/C23H30NO4.BrH/c1-4-22(25)27-20-14-11-17(16-21(20)28-23(26)5-2)8-7-15-24(3)18-9-6-10-19(24)13-12-18;/h11,14,16,18-19H,4-5,7-9,12-13,15H2,1-3H3;1H/q+1;/p-1/t18-,19+,24?;/m1./s1. The molecule has 0 spiro atoms. The van der Waals surface area contributed by atoms with Crippen molar-refractivity contribution in [1.82, 2.24) is 0 Å². The Kier molecular flexibility index (Phi) is 8.30. The first-order chi connectivity index (χ1) is 13.5. The molecular weight excluding hydrogens is 434 g/mol. The molecule has 2 bridgehead atoms. The number of hydrogen-bond donors (Lipinski definition) is 0. The van der Waals surface area contributed by atoms with Crippen molar-refractivity contribution in [2.45, 2.75) is 70.9 Å². The van der Waals surface area contributed by atoms with Crippen molar-refractivity contribution >= 4 is 11.9 Å². The Balaban J connectivity index is 0.00000300. The molecule has 2 aliphatic heterocycles. The molecule has 1 saturated heterocycles. The van der Waals surface area contributed by atoms with Crippen molar-refractivity contribution in [1.29, 1.82) is 0 Å². The zero-order chi connectivity index (χ0) is 20.1. The fourth-order valence-corrected chi connectivity index (χ4v) is 4.24. The molecule has 0 N–H and O–H groups in total. The number of benzene rings is 1. The zero-order valence-corrected chi connectivity index (χ0v) is 19.1. The van der Waals surface area contributed by atoms with Crippen LogP contribution < -0.4 is 26.5 Å². The third-order valence-corrected chi connectivity index (χ3v) is 6.06. The molecule has 5 nitrogen and oxygen atoms in total. The molecular formula is C23H30BrNO4. The monoisotopic (exact) mass is 463 g/mol. The lowest BCUT2D eigenvalue weighted by molar-refractivity contribution is -0.936. The number of quaternary nitrogens is 1. The smallest absolute Gasteiger partial charge is 0.311 e. The molecule has 0 amide bonds. The Morgan fingerprint density at radius 1 is 1.10 bits per heavy atom. The highest BCUT2D eigenvalue weighted by Gasteiger charge is 2.46. The van der Waals surface area contributed by atoms with Crippen LogP contribution in [-0.4, -0.2) is 42.1 Å². The number of hydrogen-bond acceptors (Lipinski definition) is 4. The molecule has 0 radical (unpaired) electrons. The van der Waals surface area contributed by atoms with E-state index < -0.39 is 0 Å². The van der Waals surface area contributed by atoms with E-state index in [4.69, 9.17) is 9.47 Å². The van der Waals surface area contributed by atoms with E-state index >= 15 is 0 Å². The molecule has 1 fully saturated rings. The summed E-state index contributed by atoms with van der Waals surface area (Å²) >= 11 is 0. The van der Waals surface area contributed by atoms with Crippen molar-refractivity contribution in [3.05, 3.63) is 23.8 Å². The van der Waals surface area contributed by atoms with Gasteiger partial charge in [-0.25, -0.2) is 0 Å². The second-order valence-corrected chi connectivity index (χ2v) is 7.88. The first-order valence-corrected chi connectivity index (χ1v) is 10.3. The SMILES string of the molecule is CCC(=O)Oc1ccc(CCC[N+]2(C)[C@@H]3CC#C[C@H]2CC3)cc1OC(=O)CC.[Br-]. The van der Waals surface area contributed by atoms with Crippen molar-refractivity contribution < 1.29 is 40.5 Å². The molecule has 1 aromatic carbocycles. The molecule has 0 saturated carbocycles. The number of fused-ring (bicyclic) bond motifs is 2. The minimum Gasteiger partial charge on any atom is -1.00 e. The molecule has 3 rings (SSSR count). The van der Waals surface area contributed by atoms with Gasteiger partial charge in [0.05, 0.1) is 20.0 Å². The molecule has 158 valence electrons. The van der Waals surface area contributed by atoms with Crippen LogP contribution in [0.2, 0.25) is 0 Å². The van der Waals surface area contributed by atoms with E-state index in [0.29, 0.717) is 23.6 Å². The fraction of sp³-hybridized carbons (Fsp3) is 0.565. The predicted molar refractivity (Wildman–Crippen MR) is 107 cm³/mol. The number of carbonyl (C=O) groups excluding carboxylic acids is 2. The van der Waals surface area contributed by atoms with E-state index in [1.165, 1.54) is 12.8 Å². The summed E-state index contributed by atoms with van der Waals surface area (Å²) in [5, 5.41) is 0. The van der Waals surface area contributed by atoms with Crippen LogP contribution in [-0.2, 0) is 16.0 Å². The van der Waals surface area contributed by atoms with Gasteiger partial charge in [-0.2, -0.15) is 0 Å². The van der Waals surface area contributed by atoms with Gasteiger partial charge in [0.25, 0.3) is 0 Å². The summed E-state index contributed by atoms with van der Waals surface area (Å²) in [6, 6.07) is 6.66. The summed E-state index contributed by atoms with van der Waals surface area (Å²) < 4.78 is 11.8. The van der Waals surface area contributed by atoms with Crippen molar-refractivity contribution in [2.75, 3.05) is 13.6 Å². The number of ether oxygens (including phenoxy) is 2. The number of rotatable bonds is 8. The maximum absolute atomic E-state index is 11.8. The normalized spacial score (nSPS) is 24.1. The van der Waals surface area contributed by atoms with Crippen molar-refractivity contribution in [3.8, 4) is 23.3 Å². The largest absolute Gasteiger partial charge is 1.00 e. The Morgan fingerprint density at radius 2 is 1.79 bits per heavy atom. The Morgan fingerprint density at radius 3 is 2.45 bits per heavy atom. The first kappa shape index (κ1) is 23.4. The first-order valence-electron chi connectivity index (χ1n) is 10.3. The second kappa shape index (κ2) is 10.3. The summed E-state index contributed by atoms with van der Waals surface area (Å²) in [5.41, 5.74) is 1.08. The highest BCUT2D eigenvalue weighted by Crippen LogP contribution is 2.36. The summed E-state index contributed by atoms with van der Waals surface area (Å²) in [4.78, 5) is 23.4. The molecule has 1 unspecified atom stereocenters. The average Bonchev–Trinajstić information content (AvgIpc) is 2.87. The lowest BCUT2D eigenvalue weighted by Crippen LogP contribution is -3.00. The molecule has 6 heteroatoms. The average molecular weight is 464 g/mol. The second-order valence-electron chi connectivity index (χ2n) is 7.88. The Hall–Kier alpha value is -1.84. The topological polar surface area (TPSA) is 52.6 Å². The maximum atomic E-state index is 11.8. The minimum atomic E-state index is -0.347. The number of nitrogens with zero attached hydrogens (tertiary/aromatic N) is 1. The van der Waals surface area contributed by atoms with E-state index in [1.54, 1.807) is 19.9 Å². The molecule has 1 aromatic rings. The van der Waals surface area contributed by atoms with Gasteiger partial charge in [0.15, 0.2) is 17.5 Å². The summed E-state index contributed by atoms with van der Waals surface area (Å²) in [6.45, 7) is 4.57. The van der Waals surface area contributed by atoms with E-state index in [-0.39, 0.29) is 41.8 Å². The molecule has 2 aliphatic rings. The summed E-state index contributed by atoms with van der Waals surface area (Å²) in [7, 11) is 2.35. The molecule has 0 aromatic heterocycles. The van der Waals surface area contributed by atoms with Gasteiger partial charge in [0, 0.05) is 32.1 Å². The van der Waals surface area contributed by atoms with Crippen LogP contribution >= 0.6 is 0 Å². The van der Waals surface area contributed by atoms with E-state index in [1.807, 2.05) is 12.1 Å². The number of aryl methyl sites for hydroxylation is 1. The van der Waals surface area contributed by atoms with E-state index in [0.717, 1.165) is 35.9 Å². The predicted octanol–water partition coefficient (Wildman–Crippen LogP) is 0.639. The third-order valence-electron chi connectivity index (χ3n) is 6.06. The number of halogens is 1. The van der Waals surface area contributed by atoms with Crippen molar-refractivity contribution in [2.24, 2.45) is 0 Å². The number of esters is 2. The highest BCUT2D eigenvalue weighted by molar-refractivity contribution is 5.76. The third kappa shape index (κ3) is 5.40. The minimum absolute atomic E-state index is 0. The van der Waals surface area contributed by atoms with Gasteiger partial charge < -0.3 is 30.9 Å². The summed E-state index contributed by atoms with van der Waals surface area (Å²) in [6.07, 6.45) is 5.95. The quantitative estimate of drug-likeness (QED) is 0.245. The zero-order valence-electron chi connectivity index (χ0n) is 17.5. The van der Waals surface area contributed by atoms with Gasteiger partial charge in [-0.3, -0.25) is 9.59 Å². The van der Waals surface area contributed by atoms with Crippen LogP contribution in [0.25, 0.3) is 0 Å². The van der Waals surface area contributed by atoms with Gasteiger partial charge in [0.1, 0.15) is 6.04 Å². The van der Waals surface area contributed by atoms with Crippen LogP contribution in [0.1, 0.15) is 57.9 Å². The lowest BCUT2D eigenvalue weighted by Gasteiger charge is -2.40. The van der Waals surface area contributed by atoms with Crippen LogP contribution in [0.4, 0.5) is 0 Å². The van der Waals surface area contributed by atoms with Crippen LogP contribution in [0, 0.1) is 11.8 Å². The van der Waals surface area contributed by atoms with Gasteiger partial charge in [-0.05, 0) is 30.0 Å². The summed E-state index contributed by atoms with van der Waals surface area (Å²) in [5.74, 6) is 6.69. The van der Waals surface area contributed by atoms with E-state index in [2.05, 4.69) is 18.9 Å². The molecule has 3 atom stereocenters. The van der Waals surface area contributed by atoms with Gasteiger partial charge in [-0.15, -0.1) is 0 Å². The van der Waals surface area contributed by atoms with Gasteiger partial charge in [0.2, 0.25) is 0 Å². The Bertz CT molecular complexity index is 813. The van der Waals surface area contributed by atoms with E-state index in [9.17, 15) is 9.59 Å². The molecule has 29 heavy (non-hydrogen) atoms. The molecule has 0 aliphatic carbocycles.